The molecule has 0 spiro atoms. The molecular weight excluding hydrogens is 210 g/mol. The van der Waals surface area contributed by atoms with E-state index in [1.54, 1.807) is 5.51 Å². The molecule has 1 aromatic heterocycles. The Bertz CT molecular complexity index is 316. The van der Waals surface area contributed by atoms with E-state index < -0.39 is 6.04 Å². The minimum absolute atomic E-state index is 0.129. The predicted octanol–water partition coefficient (Wildman–Crippen LogP) is 0.928. The number of thiazole rings is 1. The molecule has 0 aliphatic carbocycles. The van der Waals surface area contributed by atoms with Gasteiger partial charge in [0.15, 0.2) is 0 Å². The van der Waals surface area contributed by atoms with Crippen LogP contribution < -0.4 is 11.1 Å². The Morgan fingerprint density at radius 2 is 2.33 bits per heavy atom. The third-order valence-electron chi connectivity index (χ3n) is 1.75. The summed E-state index contributed by atoms with van der Waals surface area (Å²) in [6, 6.07) is -0.522. The number of nitrogens with two attached hydrogens (primary N) is 1. The van der Waals surface area contributed by atoms with Gasteiger partial charge in [-0.2, -0.15) is 0 Å². The highest BCUT2D eigenvalue weighted by atomic mass is 32.1. The van der Waals surface area contributed by atoms with Gasteiger partial charge in [-0.1, -0.05) is 0 Å². The molecule has 0 aromatic carbocycles. The van der Waals surface area contributed by atoms with E-state index in [0.29, 0.717) is 6.42 Å². The van der Waals surface area contributed by atoms with Gasteiger partial charge in [0.1, 0.15) is 0 Å². The first-order valence-electron chi connectivity index (χ1n) is 4.83. The van der Waals surface area contributed by atoms with Crippen molar-refractivity contribution in [3.8, 4) is 0 Å². The zero-order valence-corrected chi connectivity index (χ0v) is 10.1. The van der Waals surface area contributed by atoms with E-state index >= 15 is 0 Å². The van der Waals surface area contributed by atoms with Crippen LogP contribution in [0.25, 0.3) is 0 Å². The molecule has 4 nitrogen and oxygen atoms in total. The highest BCUT2D eigenvalue weighted by Gasteiger charge is 2.20. The maximum Gasteiger partial charge on any atom is 0.237 e. The van der Waals surface area contributed by atoms with Crippen molar-refractivity contribution in [3.05, 3.63) is 16.6 Å². The van der Waals surface area contributed by atoms with Gasteiger partial charge in [0.2, 0.25) is 5.91 Å². The summed E-state index contributed by atoms with van der Waals surface area (Å²) in [6.45, 7) is 5.79. The topological polar surface area (TPSA) is 68.0 Å². The fraction of sp³-hybridized carbons (Fsp3) is 0.600. The summed E-state index contributed by atoms with van der Waals surface area (Å²) in [7, 11) is 0. The number of carbonyl (C=O) groups excluding carboxylic acids is 1. The first-order valence-corrected chi connectivity index (χ1v) is 5.77. The van der Waals surface area contributed by atoms with Crippen molar-refractivity contribution in [2.75, 3.05) is 0 Å². The molecule has 1 heterocycles. The summed E-state index contributed by atoms with van der Waals surface area (Å²) >= 11 is 1.51. The summed E-state index contributed by atoms with van der Waals surface area (Å²) in [6.07, 6.45) is 0.491. The predicted molar refractivity (Wildman–Crippen MR) is 61.7 cm³/mol. The van der Waals surface area contributed by atoms with Gasteiger partial charge in [-0.15, -0.1) is 11.3 Å². The molecule has 1 aromatic rings. The Kier molecular flexibility index (Phi) is 3.82. The van der Waals surface area contributed by atoms with Crippen molar-refractivity contribution < 1.29 is 4.79 Å². The van der Waals surface area contributed by atoms with Crippen LogP contribution in [0.15, 0.2) is 10.9 Å². The zero-order chi connectivity index (χ0) is 11.5. The number of hydrogen-bond acceptors (Lipinski definition) is 4. The fourth-order valence-electron chi connectivity index (χ4n) is 1.12. The normalized spacial score (nSPS) is 13.6. The smallest absolute Gasteiger partial charge is 0.237 e. The van der Waals surface area contributed by atoms with Gasteiger partial charge in [-0.25, -0.2) is 4.98 Å². The van der Waals surface area contributed by atoms with E-state index in [2.05, 4.69) is 10.3 Å². The second-order valence-electron chi connectivity index (χ2n) is 4.53. The Balaban J connectivity index is 2.47. The minimum atomic E-state index is -0.522. The number of nitrogens with zero attached hydrogens (tertiary/aromatic N) is 1. The third-order valence-corrected chi connectivity index (χ3v) is 2.38. The standard InChI is InChI=1S/C10H17N3OS/c1-10(2,3)13-9(14)8(11)4-7-5-15-6-12-7/h5-6,8H,4,11H2,1-3H3,(H,13,14). The zero-order valence-electron chi connectivity index (χ0n) is 9.28. The highest BCUT2D eigenvalue weighted by molar-refractivity contribution is 7.07. The van der Waals surface area contributed by atoms with Crippen LogP contribution in [0.3, 0.4) is 0 Å². The van der Waals surface area contributed by atoms with Gasteiger partial charge in [0.05, 0.1) is 17.2 Å². The second-order valence-corrected chi connectivity index (χ2v) is 5.25. The van der Waals surface area contributed by atoms with Crippen LogP contribution in [0.1, 0.15) is 26.5 Å². The average molecular weight is 227 g/mol. The van der Waals surface area contributed by atoms with Crippen LogP contribution in [0, 0.1) is 0 Å². The quantitative estimate of drug-likeness (QED) is 0.807. The van der Waals surface area contributed by atoms with Gasteiger partial charge in [-0.05, 0) is 20.8 Å². The van der Waals surface area contributed by atoms with Crippen molar-refractivity contribution in [1.29, 1.82) is 0 Å². The molecular formula is C10H17N3OS. The highest BCUT2D eigenvalue weighted by Crippen LogP contribution is 2.05. The lowest BCUT2D eigenvalue weighted by Crippen LogP contribution is -2.49. The molecule has 0 radical (unpaired) electrons. The van der Waals surface area contributed by atoms with E-state index in [4.69, 9.17) is 5.73 Å². The van der Waals surface area contributed by atoms with Crippen LogP contribution in [-0.2, 0) is 11.2 Å². The number of nitrogens with one attached hydrogen (secondary N) is 1. The molecule has 0 aliphatic heterocycles. The summed E-state index contributed by atoms with van der Waals surface area (Å²) < 4.78 is 0. The van der Waals surface area contributed by atoms with Crippen molar-refractivity contribution in [1.82, 2.24) is 10.3 Å². The minimum Gasteiger partial charge on any atom is -0.350 e. The Morgan fingerprint density at radius 3 is 2.80 bits per heavy atom. The maximum atomic E-state index is 11.6. The van der Waals surface area contributed by atoms with E-state index in [1.807, 2.05) is 26.2 Å². The van der Waals surface area contributed by atoms with Crippen molar-refractivity contribution in [2.24, 2.45) is 5.73 Å². The van der Waals surface area contributed by atoms with Crippen LogP contribution in [0.5, 0.6) is 0 Å². The fourth-order valence-corrected chi connectivity index (χ4v) is 1.69. The molecule has 1 rings (SSSR count). The molecule has 1 atom stereocenters. The van der Waals surface area contributed by atoms with Crippen molar-refractivity contribution >= 4 is 17.2 Å². The van der Waals surface area contributed by atoms with Gasteiger partial charge in [0.25, 0.3) is 0 Å². The van der Waals surface area contributed by atoms with E-state index in [0.717, 1.165) is 5.69 Å². The molecule has 0 bridgehead atoms. The van der Waals surface area contributed by atoms with Crippen LogP contribution in [-0.4, -0.2) is 22.5 Å². The van der Waals surface area contributed by atoms with E-state index in [-0.39, 0.29) is 11.4 Å². The van der Waals surface area contributed by atoms with Gasteiger partial charge < -0.3 is 11.1 Å². The van der Waals surface area contributed by atoms with E-state index in [9.17, 15) is 4.79 Å². The molecule has 0 fully saturated rings. The Labute approximate surface area is 93.9 Å². The summed E-state index contributed by atoms with van der Waals surface area (Å²) in [5.41, 5.74) is 8.14. The monoisotopic (exact) mass is 227 g/mol. The molecule has 0 aliphatic rings. The molecule has 1 amide bonds. The average Bonchev–Trinajstić information content (AvgIpc) is 2.53. The first kappa shape index (κ1) is 12.1. The van der Waals surface area contributed by atoms with Gasteiger partial charge in [-0.3, -0.25) is 4.79 Å². The lowest BCUT2D eigenvalue weighted by Gasteiger charge is -2.22. The number of carbonyl (C=O) groups is 1. The van der Waals surface area contributed by atoms with Crippen LogP contribution in [0.4, 0.5) is 0 Å². The number of hydrogen-bond donors (Lipinski definition) is 2. The van der Waals surface area contributed by atoms with Crippen LogP contribution in [0.2, 0.25) is 0 Å². The lowest BCUT2D eigenvalue weighted by molar-refractivity contribution is -0.123. The molecule has 15 heavy (non-hydrogen) atoms. The van der Waals surface area contributed by atoms with Gasteiger partial charge in [0, 0.05) is 17.3 Å². The van der Waals surface area contributed by atoms with Gasteiger partial charge >= 0.3 is 0 Å². The molecule has 1 unspecified atom stereocenters. The molecule has 3 N–H and O–H groups in total. The summed E-state index contributed by atoms with van der Waals surface area (Å²) in [5, 5.41) is 4.75. The number of aromatic nitrogens is 1. The third kappa shape index (κ3) is 4.40. The summed E-state index contributed by atoms with van der Waals surface area (Å²) in [4.78, 5) is 15.7. The molecule has 84 valence electrons. The van der Waals surface area contributed by atoms with Crippen LogP contribution >= 0.6 is 11.3 Å². The lowest BCUT2D eigenvalue weighted by atomic mass is 10.1. The Morgan fingerprint density at radius 1 is 1.67 bits per heavy atom. The largest absolute Gasteiger partial charge is 0.350 e. The second kappa shape index (κ2) is 4.72. The van der Waals surface area contributed by atoms with Crippen molar-refractivity contribution in [3.63, 3.8) is 0 Å². The van der Waals surface area contributed by atoms with E-state index in [1.165, 1.54) is 11.3 Å². The SMILES string of the molecule is CC(C)(C)NC(=O)C(N)Cc1cscn1. The molecule has 5 heteroatoms. The maximum absolute atomic E-state index is 11.6. The Hall–Kier alpha value is -0.940. The summed E-state index contributed by atoms with van der Waals surface area (Å²) in [5.74, 6) is -0.129. The molecule has 0 saturated carbocycles. The number of amides is 1. The molecule has 0 saturated heterocycles. The van der Waals surface area contributed by atoms with Crippen molar-refractivity contribution in [2.45, 2.75) is 38.8 Å². The first-order chi connectivity index (χ1) is 6.88. The number of rotatable bonds is 3.